The molecule has 0 rings (SSSR count). The van der Waals surface area contributed by atoms with Crippen LogP contribution in [0.1, 0.15) is 6.42 Å². The minimum atomic E-state index is -8.13. The lowest BCUT2D eigenvalue weighted by atomic mass is 9.92. The molecule has 0 unspecified atom stereocenters. The van der Waals surface area contributed by atoms with Gasteiger partial charge in [0.25, 0.3) is 0 Å². The fraction of sp³-hybridized carbons (Fsp3) is 1.00. The molecule has 0 aliphatic rings. The minimum absolute atomic E-state index is 0.0281. The highest BCUT2D eigenvalue weighted by Gasteiger charge is 2.91. The first-order chi connectivity index (χ1) is 19.0. The van der Waals surface area contributed by atoms with E-state index in [0.29, 0.717) is 0 Å². The lowest BCUT2D eigenvalue weighted by molar-refractivity contribution is -0.460. The molecule has 22 heteroatoms. The number of ether oxygens (including phenoxy) is 6. The van der Waals surface area contributed by atoms with E-state index in [-0.39, 0.29) is 59.5 Å². The Kier molecular flexibility index (Phi) is 16.1. The Bertz CT molecular complexity index is 752. The Hall–Kier alpha value is -1.33. The Morgan fingerprint density at radius 2 is 0.690 bits per heavy atom. The van der Waals surface area contributed by atoms with E-state index in [1.54, 1.807) is 0 Å². The van der Waals surface area contributed by atoms with E-state index in [9.17, 15) is 65.9 Å². The zero-order chi connectivity index (χ0) is 32.9. The molecule has 7 nitrogen and oxygen atoms in total. The molecule has 0 saturated carbocycles. The molecule has 0 heterocycles. The van der Waals surface area contributed by atoms with Crippen molar-refractivity contribution in [2.24, 2.45) is 0 Å². The van der Waals surface area contributed by atoms with Crippen LogP contribution in [-0.4, -0.2) is 126 Å². The van der Waals surface area contributed by atoms with Gasteiger partial charge in [-0.05, 0) is 0 Å². The van der Waals surface area contributed by atoms with Crippen LogP contribution in [0.2, 0.25) is 0 Å². The molecule has 0 aromatic carbocycles. The molecule has 0 fully saturated rings. The van der Waals surface area contributed by atoms with Crippen LogP contribution in [0.5, 0.6) is 0 Å². The third-order valence-corrected chi connectivity index (χ3v) is 4.67. The van der Waals surface area contributed by atoms with Crippen LogP contribution in [-0.2, 0) is 28.4 Å². The first-order valence-corrected chi connectivity index (χ1v) is 11.5. The SMILES string of the molecule is OCCOCCOCCOCCOCCOCCOC(F)(F)C(F)(F)C(F)(F)C(F)(F)C(F)(F)C(F)(F)CC(F)(F)F. The van der Waals surface area contributed by atoms with Crippen molar-refractivity contribution in [1.29, 1.82) is 0 Å². The molecule has 0 atom stereocenters. The summed E-state index contributed by atoms with van der Waals surface area (Å²) in [6.07, 6.45) is -17.3. The van der Waals surface area contributed by atoms with Crippen LogP contribution in [0.4, 0.5) is 65.9 Å². The van der Waals surface area contributed by atoms with Gasteiger partial charge in [0, 0.05) is 0 Å². The average molecular weight is 664 g/mol. The van der Waals surface area contributed by atoms with E-state index >= 15 is 0 Å². The molecule has 0 aromatic heterocycles. The Morgan fingerprint density at radius 1 is 0.381 bits per heavy atom. The average Bonchev–Trinajstić information content (AvgIpc) is 2.83. The number of hydrogen-bond donors (Lipinski definition) is 1. The molecule has 254 valence electrons. The molecular formula is C20H27F15O7. The zero-order valence-corrected chi connectivity index (χ0v) is 21.3. The largest absolute Gasteiger partial charge is 0.426 e. The van der Waals surface area contributed by atoms with Gasteiger partial charge in [-0.3, -0.25) is 0 Å². The lowest BCUT2D eigenvalue weighted by Gasteiger charge is -2.41. The van der Waals surface area contributed by atoms with Crippen molar-refractivity contribution in [2.75, 3.05) is 79.3 Å². The molecule has 42 heavy (non-hydrogen) atoms. The van der Waals surface area contributed by atoms with Gasteiger partial charge in [-0.15, -0.1) is 0 Å². The second-order valence-corrected chi connectivity index (χ2v) is 7.94. The van der Waals surface area contributed by atoms with Gasteiger partial charge >= 0.3 is 41.9 Å². The standard InChI is InChI=1S/C20H27F15O7/c21-14(22,13-15(23,24)25)16(26,27)17(28,29)18(30,31)19(32,33)20(34,35)42-12-11-41-10-9-40-8-7-39-6-5-38-4-3-37-2-1-36/h36H,1-13H2. The maximum Gasteiger partial charge on any atom is 0.426 e. The van der Waals surface area contributed by atoms with Gasteiger partial charge in [0.15, 0.2) is 0 Å². The van der Waals surface area contributed by atoms with Gasteiger partial charge in [-0.1, -0.05) is 0 Å². The number of aliphatic hydroxyl groups is 1. The summed E-state index contributed by atoms with van der Waals surface area (Å²) in [7, 11) is 0. The monoisotopic (exact) mass is 664 g/mol. The van der Waals surface area contributed by atoms with Crippen molar-refractivity contribution < 1.29 is 99.4 Å². The maximum atomic E-state index is 13.6. The zero-order valence-electron chi connectivity index (χ0n) is 21.3. The van der Waals surface area contributed by atoms with Gasteiger partial charge in [0.05, 0.1) is 79.3 Å². The molecule has 0 saturated heterocycles. The summed E-state index contributed by atoms with van der Waals surface area (Å²) in [6.45, 7) is -2.66. The van der Waals surface area contributed by atoms with Gasteiger partial charge in [0.2, 0.25) is 0 Å². The summed E-state index contributed by atoms with van der Waals surface area (Å²) in [4.78, 5) is 0. The predicted molar refractivity (Wildman–Crippen MR) is 107 cm³/mol. The highest BCUT2D eigenvalue weighted by molar-refractivity contribution is 5.10. The van der Waals surface area contributed by atoms with Crippen LogP contribution in [0.15, 0.2) is 0 Å². The van der Waals surface area contributed by atoms with E-state index in [1.165, 1.54) is 0 Å². The third kappa shape index (κ3) is 11.3. The van der Waals surface area contributed by atoms with Gasteiger partial charge in [-0.25, -0.2) is 0 Å². The van der Waals surface area contributed by atoms with Crippen molar-refractivity contribution in [2.45, 2.75) is 48.3 Å². The first-order valence-electron chi connectivity index (χ1n) is 11.5. The number of halogens is 15. The van der Waals surface area contributed by atoms with E-state index < -0.39 is 68.1 Å². The van der Waals surface area contributed by atoms with Gasteiger partial charge in [-0.2, -0.15) is 65.9 Å². The van der Waals surface area contributed by atoms with Crippen LogP contribution < -0.4 is 0 Å². The van der Waals surface area contributed by atoms with Crippen LogP contribution in [0.25, 0.3) is 0 Å². The van der Waals surface area contributed by atoms with Crippen LogP contribution in [0.3, 0.4) is 0 Å². The molecule has 1 N–H and O–H groups in total. The van der Waals surface area contributed by atoms with Gasteiger partial charge < -0.3 is 33.5 Å². The summed E-state index contributed by atoms with van der Waals surface area (Å²) in [5.41, 5.74) is 0. The van der Waals surface area contributed by atoms with E-state index in [0.717, 1.165) is 0 Å². The van der Waals surface area contributed by atoms with Gasteiger partial charge in [0.1, 0.15) is 6.42 Å². The Morgan fingerprint density at radius 3 is 1.02 bits per heavy atom. The Labute approximate surface area is 228 Å². The summed E-state index contributed by atoms with van der Waals surface area (Å²) < 4.78 is 226. The smallest absolute Gasteiger partial charge is 0.394 e. The topological polar surface area (TPSA) is 75.6 Å². The minimum Gasteiger partial charge on any atom is -0.394 e. The van der Waals surface area contributed by atoms with Crippen LogP contribution in [0, 0.1) is 0 Å². The van der Waals surface area contributed by atoms with Crippen molar-refractivity contribution >= 4 is 0 Å². The molecule has 0 radical (unpaired) electrons. The number of alkyl halides is 15. The summed E-state index contributed by atoms with van der Waals surface area (Å²) in [5.74, 6) is -38.8. The number of hydrogen-bond acceptors (Lipinski definition) is 7. The second-order valence-electron chi connectivity index (χ2n) is 7.94. The van der Waals surface area contributed by atoms with Crippen molar-refractivity contribution in [3.8, 4) is 0 Å². The summed E-state index contributed by atoms with van der Waals surface area (Å²) in [6, 6.07) is 0. The fourth-order valence-corrected chi connectivity index (χ4v) is 2.54. The third-order valence-electron chi connectivity index (χ3n) is 4.67. The summed E-state index contributed by atoms with van der Waals surface area (Å²) >= 11 is 0. The number of rotatable bonds is 24. The number of aliphatic hydroxyl groups excluding tert-OH is 1. The first kappa shape index (κ1) is 40.7. The molecular weight excluding hydrogens is 637 g/mol. The highest BCUT2D eigenvalue weighted by atomic mass is 19.4. The van der Waals surface area contributed by atoms with E-state index in [2.05, 4.69) is 9.47 Å². The van der Waals surface area contributed by atoms with E-state index in [1.807, 2.05) is 0 Å². The molecule has 0 aliphatic carbocycles. The molecule has 0 bridgehead atoms. The molecule has 0 spiro atoms. The highest BCUT2D eigenvalue weighted by Crippen LogP contribution is 2.61. The predicted octanol–water partition coefficient (Wildman–Crippen LogP) is 4.80. The normalized spacial score (nSPS) is 14.6. The molecule has 0 aromatic rings. The molecule has 0 amide bonds. The maximum absolute atomic E-state index is 13.6. The van der Waals surface area contributed by atoms with Crippen molar-refractivity contribution in [3.63, 3.8) is 0 Å². The van der Waals surface area contributed by atoms with Crippen molar-refractivity contribution in [3.05, 3.63) is 0 Å². The van der Waals surface area contributed by atoms with E-state index in [4.69, 9.17) is 24.1 Å². The second kappa shape index (κ2) is 16.7. The Balaban J connectivity index is 4.61. The quantitative estimate of drug-likeness (QED) is 0.118. The lowest BCUT2D eigenvalue weighted by Crippen LogP contribution is -2.71. The van der Waals surface area contributed by atoms with Crippen molar-refractivity contribution in [1.82, 2.24) is 0 Å². The fourth-order valence-electron chi connectivity index (χ4n) is 2.54. The van der Waals surface area contributed by atoms with Crippen LogP contribution >= 0.6 is 0 Å². The molecule has 0 aliphatic heterocycles. The summed E-state index contributed by atoms with van der Waals surface area (Å²) in [5, 5.41) is 8.48.